The Balaban J connectivity index is 2.38. The van der Waals surface area contributed by atoms with Crippen molar-refractivity contribution in [3.63, 3.8) is 0 Å². The molecule has 3 N–H and O–H groups in total. The van der Waals surface area contributed by atoms with Crippen molar-refractivity contribution in [3.05, 3.63) is 18.1 Å². The third kappa shape index (κ3) is 2.75. The Bertz CT molecular complexity index is 601. The summed E-state index contributed by atoms with van der Waals surface area (Å²) >= 11 is 0. The van der Waals surface area contributed by atoms with E-state index < -0.39 is 9.84 Å². The fourth-order valence-electron chi connectivity index (χ4n) is 2.08. The summed E-state index contributed by atoms with van der Waals surface area (Å²) in [6, 6.07) is -0.235. The van der Waals surface area contributed by atoms with Crippen LogP contribution in [0.1, 0.15) is 12.6 Å². The highest BCUT2D eigenvalue weighted by atomic mass is 32.2. The van der Waals surface area contributed by atoms with Crippen molar-refractivity contribution in [2.45, 2.75) is 13.0 Å². The third-order valence-electron chi connectivity index (χ3n) is 2.97. The van der Waals surface area contributed by atoms with E-state index in [9.17, 15) is 8.42 Å². The predicted molar refractivity (Wildman–Crippen MR) is 70.0 cm³/mol. The molecule has 9 heteroatoms. The zero-order valence-corrected chi connectivity index (χ0v) is 11.2. The van der Waals surface area contributed by atoms with Gasteiger partial charge in [-0.2, -0.15) is 0 Å². The molecule has 2 rings (SSSR count). The quantitative estimate of drug-likeness (QED) is 0.315. The molecule has 0 radical (unpaired) electrons. The number of anilines is 1. The highest BCUT2D eigenvalue weighted by Crippen LogP contribution is 2.21. The molecule has 1 unspecified atom stereocenters. The number of hydrogen-bond donors (Lipinski definition) is 2. The minimum atomic E-state index is -3.01. The van der Waals surface area contributed by atoms with Gasteiger partial charge in [0.05, 0.1) is 11.5 Å². The van der Waals surface area contributed by atoms with Crippen molar-refractivity contribution >= 4 is 21.5 Å². The van der Waals surface area contributed by atoms with Gasteiger partial charge in [0.2, 0.25) is 0 Å². The summed E-state index contributed by atoms with van der Waals surface area (Å²) in [6.45, 7) is 2.11. The van der Waals surface area contributed by atoms with Gasteiger partial charge in [0, 0.05) is 25.0 Å². The van der Waals surface area contributed by atoms with Gasteiger partial charge < -0.3 is 15.8 Å². The van der Waals surface area contributed by atoms with Gasteiger partial charge in [-0.3, -0.25) is 0 Å². The number of nitrogens with zero attached hydrogens (tertiary/aromatic N) is 4. The van der Waals surface area contributed by atoms with Crippen LogP contribution in [0.5, 0.6) is 0 Å². The Morgan fingerprint density at radius 3 is 2.84 bits per heavy atom. The van der Waals surface area contributed by atoms with Crippen molar-refractivity contribution in [3.8, 4) is 0 Å². The van der Waals surface area contributed by atoms with Gasteiger partial charge in [-0.15, -0.1) is 0 Å². The van der Waals surface area contributed by atoms with E-state index in [4.69, 9.17) is 10.9 Å². The Morgan fingerprint density at radius 1 is 1.53 bits per heavy atom. The van der Waals surface area contributed by atoms with Crippen LogP contribution < -0.4 is 10.6 Å². The molecule has 1 aliphatic heterocycles. The first-order valence-corrected chi connectivity index (χ1v) is 7.52. The summed E-state index contributed by atoms with van der Waals surface area (Å²) in [5, 5.41) is 11.7. The largest absolute Gasteiger partial charge is 0.409 e. The highest BCUT2D eigenvalue weighted by Gasteiger charge is 2.31. The van der Waals surface area contributed by atoms with E-state index in [1.54, 1.807) is 11.8 Å². The molecular formula is C10H15N5O3S. The molecule has 0 spiro atoms. The fraction of sp³-hybridized carbons (Fsp3) is 0.500. The molecular weight excluding hydrogens is 270 g/mol. The standard InChI is InChI=1S/C10H15N5O3S/c1-7-6-19(17,18)5-4-15(7)10-8(9(11)14-16)12-2-3-13-10/h2-3,7,16H,4-6H2,1H3,(H2,11,14). The lowest BCUT2D eigenvalue weighted by atomic mass is 10.2. The normalized spacial score (nSPS) is 23.3. The van der Waals surface area contributed by atoms with Crippen LogP contribution >= 0.6 is 0 Å². The van der Waals surface area contributed by atoms with Crippen LogP contribution in [-0.4, -0.2) is 53.5 Å². The Morgan fingerprint density at radius 2 is 2.21 bits per heavy atom. The maximum Gasteiger partial charge on any atom is 0.192 e. The molecule has 104 valence electrons. The van der Waals surface area contributed by atoms with E-state index in [0.717, 1.165) is 0 Å². The van der Waals surface area contributed by atoms with Crippen LogP contribution in [0.25, 0.3) is 0 Å². The smallest absolute Gasteiger partial charge is 0.192 e. The Labute approximate surface area is 110 Å². The predicted octanol–water partition coefficient (Wildman–Crippen LogP) is -0.806. The Kier molecular flexibility index (Phi) is 3.56. The molecule has 0 bridgehead atoms. The van der Waals surface area contributed by atoms with E-state index in [0.29, 0.717) is 12.4 Å². The van der Waals surface area contributed by atoms with Crippen LogP contribution in [0.2, 0.25) is 0 Å². The van der Waals surface area contributed by atoms with Crippen LogP contribution in [0.4, 0.5) is 5.82 Å². The van der Waals surface area contributed by atoms with Crippen molar-refractivity contribution < 1.29 is 13.6 Å². The second-order valence-corrected chi connectivity index (χ2v) is 6.60. The van der Waals surface area contributed by atoms with Crippen molar-refractivity contribution in [1.82, 2.24) is 9.97 Å². The highest BCUT2D eigenvalue weighted by molar-refractivity contribution is 7.91. The van der Waals surface area contributed by atoms with Crippen molar-refractivity contribution in [2.75, 3.05) is 23.0 Å². The summed E-state index contributed by atoms with van der Waals surface area (Å²) in [5.41, 5.74) is 5.80. The molecule has 1 aromatic heterocycles. The summed E-state index contributed by atoms with van der Waals surface area (Å²) in [4.78, 5) is 10.00. The van der Waals surface area contributed by atoms with E-state index in [1.165, 1.54) is 12.4 Å². The molecule has 1 atom stereocenters. The van der Waals surface area contributed by atoms with Gasteiger partial charge in [-0.05, 0) is 6.92 Å². The zero-order chi connectivity index (χ0) is 14.0. The summed E-state index contributed by atoms with van der Waals surface area (Å²) in [6.07, 6.45) is 2.92. The lowest BCUT2D eigenvalue weighted by Crippen LogP contribution is -2.48. The van der Waals surface area contributed by atoms with E-state index in [2.05, 4.69) is 15.1 Å². The summed E-state index contributed by atoms with van der Waals surface area (Å²) < 4.78 is 23.1. The molecule has 1 aromatic rings. The van der Waals surface area contributed by atoms with E-state index >= 15 is 0 Å². The topological polar surface area (TPSA) is 122 Å². The van der Waals surface area contributed by atoms with Gasteiger partial charge in [0.25, 0.3) is 0 Å². The lowest BCUT2D eigenvalue weighted by Gasteiger charge is -2.34. The van der Waals surface area contributed by atoms with Gasteiger partial charge in [-0.1, -0.05) is 5.16 Å². The van der Waals surface area contributed by atoms with E-state index in [-0.39, 0.29) is 29.1 Å². The second-order valence-electron chi connectivity index (χ2n) is 4.37. The molecule has 2 heterocycles. The molecule has 1 saturated heterocycles. The number of aromatic nitrogens is 2. The molecule has 0 saturated carbocycles. The number of oxime groups is 1. The molecule has 1 aliphatic rings. The van der Waals surface area contributed by atoms with Crippen LogP contribution in [0, 0.1) is 0 Å². The number of amidine groups is 1. The molecule has 19 heavy (non-hydrogen) atoms. The molecule has 0 aromatic carbocycles. The third-order valence-corrected chi connectivity index (χ3v) is 4.77. The molecule has 0 amide bonds. The summed E-state index contributed by atoms with van der Waals surface area (Å²) in [5.74, 6) is 0.395. The van der Waals surface area contributed by atoms with Crippen LogP contribution in [0.3, 0.4) is 0 Å². The number of hydrogen-bond acceptors (Lipinski definition) is 7. The first-order chi connectivity index (χ1) is 8.94. The average molecular weight is 285 g/mol. The average Bonchev–Trinajstić information content (AvgIpc) is 2.37. The monoisotopic (exact) mass is 285 g/mol. The van der Waals surface area contributed by atoms with Crippen LogP contribution in [-0.2, 0) is 9.84 Å². The SMILES string of the molecule is CC1CS(=O)(=O)CCN1c1nccnc1C(N)=NO. The molecule has 8 nitrogen and oxygen atoms in total. The number of nitrogens with two attached hydrogens (primary N) is 1. The van der Waals surface area contributed by atoms with Crippen molar-refractivity contribution in [1.29, 1.82) is 0 Å². The zero-order valence-electron chi connectivity index (χ0n) is 10.4. The molecule has 1 fully saturated rings. The summed E-state index contributed by atoms with van der Waals surface area (Å²) in [7, 11) is -3.01. The number of rotatable bonds is 2. The van der Waals surface area contributed by atoms with Crippen LogP contribution in [0.15, 0.2) is 17.5 Å². The minimum absolute atomic E-state index is 0.0547. The number of sulfone groups is 1. The van der Waals surface area contributed by atoms with Gasteiger partial charge in [0.1, 0.15) is 0 Å². The first-order valence-electron chi connectivity index (χ1n) is 5.70. The van der Waals surface area contributed by atoms with Gasteiger partial charge >= 0.3 is 0 Å². The molecule has 0 aliphatic carbocycles. The Hall–Kier alpha value is -1.90. The van der Waals surface area contributed by atoms with Gasteiger partial charge in [-0.25, -0.2) is 18.4 Å². The minimum Gasteiger partial charge on any atom is -0.409 e. The maximum absolute atomic E-state index is 11.6. The van der Waals surface area contributed by atoms with Crippen molar-refractivity contribution in [2.24, 2.45) is 10.9 Å². The second kappa shape index (κ2) is 5.00. The fourth-order valence-corrected chi connectivity index (χ4v) is 3.64. The van der Waals surface area contributed by atoms with Gasteiger partial charge in [0.15, 0.2) is 27.2 Å². The first kappa shape index (κ1) is 13.5. The lowest BCUT2D eigenvalue weighted by molar-refractivity contribution is 0.318. The maximum atomic E-state index is 11.6. The van der Waals surface area contributed by atoms with E-state index in [1.807, 2.05) is 0 Å².